The van der Waals surface area contributed by atoms with Crippen LogP contribution in [0.1, 0.15) is 18.4 Å². The van der Waals surface area contributed by atoms with E-state index in [0.717, 1.165) is 42.2 Å². The maximum Gasteiger partial charge on any atom is 0.237 e. The maximum absolute atomic E-state index is 11.5. The van der Waals surface area contributed by atoms with E-state index in [0.29, 0.717) is 6.04 Å². The molecule has 0 bridgehead atoms. The van der Waals surface area contributed by atoms with Gasteiger partial charge in [0.25, 0.3) is 0 Å². The number of carbonyl (C=O) groups excluding carboxylic acids is 1. The van der Waals surface area contributed by atoms with E-state index in [1.165, 1.54) is 0 Å². The number of amides is 1. The second-order valence-electron chi connectivity index (χ2n) is 4.95. The van der Waals surface area contributed by atoms with Gasteiger partial charge in [-0.3, -0.25) is 4.79 Å². The molecule has 1 amide bonds. The fourth-order valence-corrected chi connectivity index (χ4v) is 2.87. The summed E-state index contributed by atoms with van der Waals surface area (Å²) in [6.07, 6.45) is 1.88. The molecule has 19 heavy (non-hydrogen) atoms. The van der Waals surface area contributed by atoms with Crippen molar-refractivity contribution >= 4 is 34.8 Å². The van der Waals surface area contributed by atoms with Crippen molar-refractivity contribution in [2.45, 2.75) is 25.8 Å². The number of aryl methyl sites for hydroxylation is 1. The molecule has 1 aliphatic heterocycles. The average Bonchev–Trinajstić information content (AvgIpc) is 2.37. The van der Waals surface area contributed by atoms with E-state index in [9.17, 15) is 4.79 Å². The third-order valence-electron chi connectivity index (χ3n) is 3.37. The Morgan fingerprint density at radius 3 is 2.63 bits per heavy atom. The van der Waals surface area contributed by atoms with Crippen molar-refractivity contribution < 1.29 is 4.79 Å². The monoisotopic (exact) mass is 300 g/mol. The molecule has 5 heteroatoms. The molecule has 0 atom stereocenters. The fourth-order valence-electron chi connectivity index (χ4n) is 2.41. The van der Waals surface area contributed by atoms with Crippen LogP contribution in [0.2, 0.25) is 5.02 Å². The molecule has 1 aliphatic rings. The van der Waals surface area contributed by atoms with Gasteiger partial charge in [-0.2, -0.15) is 0 Å². The summed E-state index contributed by atoms with van der Waals surface area (Å²) >= 11 is 11.6. The standard InChI is InChI=1S/C14H18Cl2N2O/c1-10-6-11(16)8-13(7-10)17-12-2-4-18(5-3-12)14(19)9-15/h6-8,12,17H,2-5,9H2,1H3. The van der Waals surface area contributed by atoms with E-state index in [1.54, 1.807) is 0 Å². The summed E-state index contributed by atoms with van der Waals surface area (Å²) in [5.74, 6) is 0.102. The van der Waals surface area contributed by atoms with Gasteiger partial charge in [-0.05, 0) is 43.5 Å². The number of hydrogen-bond acceptors (Lipinski definition) is 2. The number of alkyl halides is 1. The van der Waals surface area contributed by atoms with Gasteiger partial charge in [-0.1, -0.05) is 11.6 Å². The van der Waals surface area contributed by atoms with E-state index in [4.69, 9.17) is 23.2 Å². The minimum absolute atomic E-state index is 0.0266. The Labute approximate surface area is 123 Å². The Morgan fingerprint density at radius 1 is 1.37 bits per heavy atom. The summed E-state index contributed by atoms with van der Waals surface area (Å²) < 4.78 is 0. The lowest BCUT2D eigenvalue weighted by Gasteiger charge is -2.32. The molecule has 0 aliphatic carbocycles. The van der Waals surface area contributed by atoms with E-state index < -0.39 is 0 Å². The lowest BCUT2D eigenvalue weighted by atomic mass is 10.0. The summed E-state index contributed by atoms with van der Waals surface area (Å²) in [5, 5.41) is 4.23. The number of hydrogen-bond donors (Lipinski definition) is 1. The van der Waals surface area contributed by atoms with E-state index in [2.05, 4.69) is 11.4 Å². The molecule has 0 saturated carbocycles. The lowest BCUT2D eigenvalue weighted by Crippen LogP contribution is -2.42. The molecule has 1 N–H and O–H groups in total. The first-order valence-electron chi connectivity index (χ1n) is 6.46. The number of nitrogens with one attached hydrogen (secondary N) is 1. The number of carbonyl (C=O) groups is 1. The van der Waals surface area contributed by atoms with Crippen molar-refractivity contribution in [3.8, 4) is 0 Å². The zero-order chi connectivity index (χ0) is 13.8. The quantitative estimate of drug-likeness (QED) is 0.869. The molecule has 1 fully saturated rings. The molecule has 0 unspecified atom stereocenters. The number of benzene rings is 1. The van der Waals surface area contributed by atoms with Gasteiger partial charge in [0, 0.05) is 29.8 Å². The summed E-state index contributed by atoms with van der Waals surface area (Å²) in [6.45, 7) is 3.56. The van der Waals surface area contributed by atoms with Gasteiger partial charge in [0.1, 0.15) is 5.88 Å². The first-order valence-corrected chi connectivity index (χ1v) is 7.37. The molecule has 3 nitrogen and oxygen atoms in total. The first-order chi connectivity index (χ1) is 9.08. The minimum Gasteiger partial charge on any atom is -0.382 e. The molecule has 2 rings (SSSR count). The largest absolute Gasteiger partial charge is 0.382 e. The van der Waals surface area contributed by atoms with Gasteiger partial charge in [-0.25, -0.2) is 0 Å². The van der Waals surface area contributed by atoms with E-state index in [1.807, 2.05) is 24.0 Å². The molecule has 0 spiro atoms. The Balaban J connectivity index is 1.90. The second kappa shape index (κ2) is 6.49. The SMILES string of the molecule is Cc1cc(Cl)cc(NC2CCN(C(=O)CCl)CC2)c1. The Hall–Kier alpha value is -0.930. The lowest BCUT2D eigenvalue weighted by molar-refractivity contribution is -0.129. The topological polar surface area (TPSA) is 32.3 Å². The third-order valence-corrected chi connectivity index (χ3v) is 3.82. The van der Waals surface area contributed by atoms with Crippen LogP contribution in [0.5, 0.6) is 0 Å². The van der Waals surface area contributed by atoms with Crippen molar-refractivity contribution in [3.63, 3.8) is 0 Å². The molecular weight excluding hydrogens is 283 g/mol. The normalized spacial score (nSPS) is 16.5. The molecule has 1 aromatic carbocycles. The highest BCUT2D eigenvalue weighted by atomic mass is 35.5. The molecule has 1 heterocycles. The number of halogens is 2. The Bertz CT molecular complexity index is 437. The average molecular weight is 301 g/mol. The number of likely N-dealkylation sites (tertiary alicyclic amines) is 1. The highest BCUT2D eigenvalue weighted by Gasteiger charge is 2.21. The minimum atomic E-state index is 0.0266. The van der Waals surface area contributed by atoms with Gasteiger partial charge >= 0.3 is 0 Å². The fraction of sp³-hybridized carbons (Fsp3) is 0.500. The molecular formula is C14H18Cl2N2O. The van der Waals surface area contributed by atoms with Gasteiger partial charge in [0.05, 0.1) is 0 Å². The highest BCUT2D eigenvalue weighted by molar-refractivity contribution is 6.30. The number of nitrogens with zero attached hydrogens (tertiary/aromatic N) is 1. The van der Waals surface area contributed by atoms with E-state index in [-0.39, 0.29) is 11.8 Å². The van der Waals surface area contributed by atoms with Gasteiger partial charge in [0.2, 0.25) is 5.91 Å². The van der Waals surface area contributed by atoms with Crippen LogP contribution in [0.4, 0.5) is 5.69 Å². The molecule has 0 radical (unpaired) electrons. The van der Waals surface area contributed by atoms with Gasteiger partial charge in [-0.15, -0.1) is 11.6 Å². The number of rotatable bonds is 3. The van der Waals surface area contributed by atoms with Gasteiger partial charge in [0.15, 0.2) is 0 Å². The van der Waals surface area contributed by atoms with Crippen LogP contribution in [0.15, 0.2) is 18.2 Å². The predicted molar refractivity (Wildman–Crippen MR) is 80.1 cm³/mol. The summed E-state index contributed by atoms with van der Waals surface area (Å²) in [7, 11) is 0. The van der Waals surface area contributed by atoms with Gasteiger partial charge < -0.3 is 10.2 Å². The molecule has 1 saturated heterocycles. The first kappa shape index (κ1) is 14.5. The van der Waals surface area contributed by atoms with Crippen LogP contribution in [-0.2, 0) is 4.79 Å². The summed E-state index contributed by atoms with van der Waals surface area (Å²) in [6, 6.07) is 6.35. The van der Waals surface area contributed by atoms with Crippen LogP contribution in [-0.4, -0.2) is 35.8 Å². The zero-order valence-electron chi connectivity index (χ0n) is 11.0. The van der Waals surface area contributed by atoms with Crippen LogP contribution in [0.3, 0.4) is 0 Å². The van der Waals surface area contributed by atoms with Crippen molar-refractivity contribution in [2.24, 2.45) is 0 Å². The number of piperidine rings is 1. The maximum atomic E-state index is 11.5. The highest BCUT2D eigenvalue weighted by Crippen LogP contribution is 2.22. The van der Waals surface area contributed by atoms with E-state index >= 15 is 0 Å². The smallest absolute Gasteiger partial charge is 0.237 e. The van der Waals surface area contributed by atoms with Crippen LogP contribution < -0.4 is 5.32 Å². The van der Waals surface area contributed by atoms with Crippen molar-refractivity contribution in [1.82, 2.24) is 4.90 Å². The third kappa shape index (κ3) is 4.02. The van der Waals surface area contributed by atoms with Crippen LogP contribution in [0.25, 0.3) is 0 Å². The zero-order valence-corrected chi connectivity index (χ0v) is 12.5. The molecule has 1 aromatic rings. The van der Waals surface area contributed by atoms with Crippen molar-refractivity contribution in [3.05, 3.63) is 28.8 Å². The van der Waals surface area contributed by atoms with Crippen molar-refractivity contribution in [2.75, 3.05) is 24.3 Å². The predicted octanol–water partition coefficient (Wildman–Crippen LogP) is 3.29. The second-order valence-corrected chi connectivity index (χ2v) is 5.65. The van der Waals surface area contributed by atoms with Crippen molar-refractivity contribution in [1.29, 1.82) is 0 Å². The Kier molecular flexibility index (Phi) is 4.94. The molecule has 0 aromatic heterocycles. The Morgan fingerprint density at radius 2 is 2.05 bits per heavy atom. The summed E-state index contributed by atoms with van der Waals surface area (Å²) in [4.78, 5) is 13.3. The van der Waals surface area contributed by atoms with Crippen LogP contribution >= 0.6 is 23.2 Å². The summed E-state index contributed by atoms with van der Waals surface area (Å²) in [5.41, 5.74) is 2.19. The van der Waals surface area contributed by atoms with Crippen LogP contribution in [0, 0.1) is 6.92 Å². The number of anilines is 1. The molecule has 104 valence electrons.